The predicted molar refractivity (Wildman–Crippen MR) is 75.3 cm³/mol. The molecule has 0 radical (unpaired) electrons. The Kier molecular flexibility index (Phi) is 2.63. The lowest BCUT2D eigenvalue weighted by Crippen LogP contribution is -2.07. The molecular formula is C15H14FN5. The maximum Gasteiger partial charge on any atom is 0.217 e. The molecule has 21 heavy (non-hydrogen) atoms. The van der Waals surface area contributed by atoms with Gasteiger partial charge in [0.2, 0.25) is 5.82 Å². The Morgan fingerprint density at radius 3 is 2.76 bits per heavy atom. The minimum atomic E-state index is -1.09. The Labute approximate surface area is 121 Å². The summed E-state index contributed by atoms with van der Waals surface area (Å²) in [4.78, 5) is 8.57. The van der Waals surface area contributed by atoms with Crippen molar-refractivity contribution in [3.05, 3.63) is 54.1 Å². The van der Waals surface area contributed by atoms with E-state index in [-0.39, 0.29) is 6.04 Å². The Bertz CT molecular complexity index is 776. The van der Waals surface area contributed by atoms with Gasteiger partial charge >= 0.3 is 0 Å². The highest BCUT2D eigenvalue weighted by atomic mass is 19.1. The number of nitrogens with zero attached hydrogens (tertiary/aromatic N) is 5. The summed E-state index contributed by atoms with van der Waals surface area (Å²) in [6, 6.07) is 9.75. The van der Waals surface area contributed by atoms with Crippen LogP contribution in [0.2, 0.25) is 0 Å². The lowest BCUT2D eigenvalue weighted by Gasteiger charge is -2.11. The average Bonchev–Trinajstić information content (AvgIpc) is 3.17. The van der Waals surface area contributed by atoms with Crippen molar-refractivity contribution in [3.63, 3.8) is 0 Å². The van der Waals surface area contributed by atoms with Crippen LogP contribution >= 0.6 is 0 Å². The second-order valence-corrected chi connectivity index (χ2v) is 5.23. The van der Waals surface area contributed by atoms with E-state index >= 15 is 0 Å². The van der Waals surface area contributed by atoms with Crippen LogP contribution in [0.15, 0.2) is 42.7 Å². The zero-order valence-electron chi connectivity index (χ0n) is 11.5. The summed E-state index contributed by atoms with van der Waals surface area (Å²) < 4.78 is 17.8. The van der Waals surface area contributed by atoms with E-state index in [2.05, 4.69) is 15.1 Å². The zero-order valence-corrected chi connectivity index (χ0v) is 11.5. The van der Waals surface area contributed by atoms with Crippen LogP contribution in [-0.4, -0.2) is 24.3 Å². The van der Waals surface area contributed by atoms with Crippen molar-refractivity contribution in [2.24, 2.45) is 7.05 Å². The third kappa shape index (κ3) is 1.86. The summed E-state index contributed by atoms with van der Waals surface area (Å²) in [6.45, 7) is 0. The van der Waals surface area contributed by atoms with Gasteiger partial charge in [0, 0.05) is 25.9 Å². The summed E-state index contributed by atoms with van der Waals surface area (Å²) in [5, 5.41) is 4.48. The molecule has 0 aliphatic carbocycles. The maximum atomic E-state index is 14.3. The van der Waals surface area contributed by atoms with Gasteiger partial charge in [-0.15, -0.1) is 5.10 Å². The fourth-order valence-corrected chi connectivity index (χ4v) is 2.81. The molecule has 0 N–H and O–H groups in total. The molecule has 106 valence electrons. The number of aromatic nitrogens is 5. The van der Waals surface area contributed by atoms with Crippen molar-refractivity contribution in [2.45, 2.75) is 18.6 Å². The molecule has 0 saturated carbocycles. The molecule has 5 nitrogen and oxygen atoms in total. The fraction of sp³-hybridized carbons (Fsp3) is 0.267. The van der Waals surface area contributed by atoms with Crippen LogP contribution in [0, 0.1) is 0 Å². The van der Waals surface area contributed by atoms with Gasteiger partial charge in [-0.2, -0.15) is 0 Å². The first-order valence-corrected chi connectivity index (χ1v) is 6.87. The molecule has 0 saturated heterocycles. The van der Waals surface area contributed by atoms with Crippen LogP contribution in [0.25, 0.3) is 11.6 Å². The van der Waals surface area contributed by atoms with Crippen molar-refractivity contribution in [2.75, 3.05) is 0 Å². The van der Waals surface area contributed by atoms with Gasteiger partial charge in [0.15, 0.2) is 17.8 Å². The van der Waals surface area contributed by atoms with E-state index in [1.807, 2.05) is 48.1 Å². The predicted octanol–water partition coefficient (Wildman–Crippen LogP) is 2.68. The number of benzene rings is 1. The smallest absolute Gasteiger partial charge is 0.217 e. The Balaban J connectivity index is 1.80. The molecule has 0 fully saturated rings. The first-order chi connectivity index (χ1) is 10.2. The molecule has 2 aromatic heterocycles. The molecule has 4 rings (SSSR count). The molecule has 3 heterocycles. The van der Waals surface area contributed by atoms with Crippen molar-refractivity contribution in [1.29, 1.82) is 0 Å². The normalized spacial score (nSPS) is 20.7. The highest BCUT2D eigenvalue weighted by Crippen LogP contribution is 2.39. The van der Waals surface area contributed by atoms with Gasteiger partial charge in [0.05, 0.1) is 6.04 Å². The minimum absolute atomic E-state index is 0.0993. The fourth-order valence-electron chi connectivity index (χ4n) is 2.81. The van der Waals surface area contributed by atoms with E-state index in [1.54, 1.807) is 10.9 Å². The Morgan fingerprint density at radius 1 is 1.24 bits per heavy atom. The van der Waals surface area contributed by atoms with E-state index in [0.29, 0.717) is 23.9 Å². The minimum Gasteiger partial charge on any atom is -0.331 e. The summed E-state index contributed by atoms with van der Waals surface area (Å²) in [5.41, 5.74) is 1.05. The SMILES string of the molecule is Cn1ccnc1-c1nc2n(n1)C(c1ccccc1)CC2F. The number of aryl methyl sites for hydroxylation is 1. The van der Waals surface area contributed by atoms with Gasteiger partial charge in [-0.1, -0.05) is 30.3 Å². The second-order valence-electron chi connectivity index (χ2n) is 5.23. The van der Waals surface area contributed by atoms with Crippen molar-refractivity contribution in [3.8, 4) is 11.6 Å². The van der Waals surface area contributed by atoms with Crippen LogP contribution in [0.1, 0.15) is 30.0 Å². The molecule has 0 bridgehead atoms. The second kappa shape index (κ2) is 4.51. The van der Waals surface area contributed by atoms with Gasteiger partial charge in [-0.25, -0.2) is 19.0 Å². The van der Waals surface area contributed by atoms with E-state index in [0.717, 1.165) is 5.56 Å². The number of hydrogen-bond acceptors (Lipinski definition) is 3. The van der Waals surface area contributed by atoms with Crippen molar-refractivity contribution >= 4 is 0 Å². The average molecular weight is 283 g/mol. The van der Waals surface area contributed by atoms with E-state index < -0.39 is 6.17 Å². The standard InChI is InChI=1S/C15H14FN5/c1-20-8-7-17-15(20)13-18-14-11(16)9-12(21(14)19-13)10-5-3-2-4-6-10/h2-8,11-12H,9H2,1H3. The molecule has 2 unspecified atom stereocenters. The molecule has 2 atom stereocenters. The van der Waals surface area contributed by atoms with Gasteiger partial charge in [0.25, 0.3) is 0 Å². The lowest BCUT2D eigenvalue weighted by molar-refractivity contribution is 0.329. The van der Waals surface area contributed by atoms with E-state index in [4.69, 9.17) is 0 Å². The quantitative estimate of drug-likeness (QED) is 0.726. The number of fused-ring (bicyclic) bond motifs is 1. The third-order valence-electron chi connectivity index (χ3n) is 3.87. The number of alkyl halides is 1. The lowest BCUT2D eigenvalue weighted by atomic mass is 10.0. The van der Waals surface area contributed by atoms with Gasteiger partial charge in [-0.3, -0.25) is 0 Å². The molecule has 3 aromatic rings. The molecular weight excluding hydrogens is 269 g/mol. The number of halogens is 1. The van der Waals surface area contributed by atoms with Gasteiger partial charge in [0.1, 0.15) is 0 Å². The van der Waals surface area contributed by atoms with Crippen LogP contribution in [0.3, 0.4) is 0 Å². The number of imidazole rings is 1. The van der Waals surface area contributed by atoms with Crippen LogP contribution in [0.4, 0.5) is 4.39 Å². The Morgan fingerprint density at radius 2 is 2.05 bits per heavy atom. The van der Waals surface area contributed by atoms with Gasteiger partial charge < -0.3 is 4.57 Å². The highest BCUT2D eigenvalue weighted by Gasteiger charge is 2.35. The summed E-state index contributed by atoms with van der Waals surface area (Å²) in [7, 11) is 1.87. The molecule has 1 aromatic carbocycles. The topological polar surface area (TPSA) is 48.5 Å². The van der Waals surface area contributed by atoms with Crippen LogP contribution in [-0.2, 0) is 7.05 Å². The third-order valence-corrected chi connectivity index (χ3v) is 3.87. The van der Waals surface area contributed by atoms with E-state index in [9.17, 15) is 4.39 Å². The number of hydrogen-bond donors (Lipinski definition) is 0. The van der Waals surface area contributed by atoms with Crippen molar-refractivity contribution in [1.82, 2.24) is 24.3 Å². The highest BCUT2D eigenvalue weighted by molar-refractivity contribution is 5.44. The molecule has 1 aliphatic heterocycles. The summed E-state index contributed by atoms with van der Waals surface area (Å²) in [6.07, 6.45) is 2.81. The first-order valence-electron chi connectivity index (χ1n) is 6.87. The van der Waals surface area contributed by atoms with Crippen LogP contribution < -0.4 is 0 Å². The monoisotopic (exact) mass is 283 g/mol. The molecule has 6 heteroatoms. The van der Waals surface area contributed by atoms with Crippen LogP contribution in [0.5, 0.6) is 0 Å². The molecule has 1 aliphatic rings. The largest absolute Gasteiger partial charge is 0.331 e. The van der Waals surface area contributed by atoms with Crippen molar-refractivity contribution < 1.29 is 4.39 Å². The van der Waals surface area contributed by atoms with E-state index in [1.165, 1.54) is 0 Å². The number of rotatable bonds is 2. The zero-order chi connectivity index (χ0) is 14.4. The van der Waals surface area contributed by atoms with Gasteiger partial charge in [-0.05, 0) is 5.56 Å². The maximum absolute atomic E-state index is 14.3. The molecule has 0 amide bonds. The Hall–Kier alpha value is -2.50. The molecule has 0 spiro atoms. The first kappa shape index (κ1) is 12.3. The summed E-state index contributed by atoms with van der Waals surface area (Å²) >= 11 is 0. The summed E-state index contributed by atoms with van der Waals surface area (Å²) in [5.74, 6) is 1.51.